The highest BCUT2D eigenvalue weighted by Crippen LogP contribution is 2.32. The molecule has 0 heterocycles. The Morgan fingerprint density at radius 3 is 2.44 bits per heavy atom. The molecular weight excluding hydrogens is 387 g/mol. The van der Waals surface area contributed by atoms with Crippen LogP contribution in [0.2, 0.25) is 15.1 Å². The first-order chi connectivity index (χ1) is 11.9. The Hall–Kier alpha value is -1.95. The van der Waals surface area contributed by atoms with Gasteiger partial charge in [0.25, 0.3) is 5.91 Å². The minimum Gasteiger partial charge on any atom is -0.493 e. The number of ether oxygens (including phenoxy) is 2. The van der Waals surface area contributed by atoms with Crippen LogP contribution in [0.1, 0.15) is 12.5 Å². The average molecular weight is 402 g/mol. The fourth-order valence-corrected chi connectivity index (χ4v) is 2.60. The van der Waals surface area contributed by atoms with Crippen molar-refractivity contribution in [3.8, 4) is 11.5 Å². The smallest absolute Gasteiger partial charge is 0.277 e. The normalized spacial score (nSPS) is 11.2. The van der Waals surface area contributed by atoms with Crippen LogP contribution < -0.4 is 14.9 Å². The maximum Gasteiger partial charge on any atom is 0.277 e. The predicted octanol–water partition coefficient (Wildman–Crippen LogP) is 4.57. The largest absolute Gasteiger partial charge is 0.493 e. The average Bonchev–Trinajstić information content (AvgIpc) is 2.62. The zero-order valence-corrected chi connectivity index (χ0v) is 15.7. The zero-order chi connectivity index (χ0) is 18.4. The minimum absolute atomic E-state index is 0.216. The van der Waals surface area contributed by atoms with Gasteiger partial charge < -0.3 is 9.47 Å². The van der Waals surface area contributed by atoms with E-state index in [0.717, 1.165) is 0 Å². The van der Waals surface area contributed by atoms with Crippen molar-refractivity contribution < 1.29 is 14.3 Å². The van der Waals surface area contributed by atoms with Crippen LogP contribution in [0.15, 0.2) is 41.5 Å². The number of methoxy groups -OCH3 is 1. The van der Waals surface area contributed by atoms with Crippen molar-refractivity contribution in [1.29, 1.82) is 0 Å². The first-order valence-electron chi connectivity index (χ1n) is 7.17. The second-order valence-electron chi connectivity index (χ2n) is 4.89. The lowest BCUT2D eigenvalue weighted by Crippen LogP contribution is -2.25. The van der Waals surface area contributed by atoms with Gasteiger partial charge in [-0.2, -0.15) is 5.10 Å². The van der Waals surface area contributed by atoms with Gasteiger partial charge in [-0.1, -0.05) is 53.0 Å². The van der Waals surface area contributed by atoms with E-state index in [1.807, 2.05) is 0 Å². The van der Waals surface area contributed by atoms with Crippen molar-refractivity contribution in [2.24, 2.45) is 5.10 Å². The highest BCUT2D eigenvalue weighted by Gasteiger charge is 2.12. The van der Waals surface area contributed by atoms with Gasteiger partial charge in [0, 0.05) is 5.56 Å². The van der Waals surface area contributed by atoms with Crippen molar-refractivity contribution in [2.45, 2.75) is 6.92 Å². The number of amides is 1. The number of hydrogen-bond acceptors (Lipinski definition) is 4. The Balaban J connectivity index is 1.99. The topological polar surface area (TPSA) is 59.9 Å². The van der Waals surface area contributed by atoms with E-state index in [4.69, 9.17) is 44.3 Å². The molecule has 0 spiro atoms. The SMILES string of the molecule is COc1ccccc1OCC(=O)N/N=C(\C)c1ccc(Cl)c(Cl)c1Cl. The number of carbonyl (C=O) groups excluding carboxylic acids is 1. The Morgan fingerprint density at radius 1 is 1.08 bits per heavy atom. The molecule has 0 aliphatic heterocycles. The molecule has 0 saturated carbocycles. The molecule has 0 radical (unpaired) electrons. The summed E-state index contributed by atoms with van der Waals surface area (Å²) in [5.41, 5.74) is 3.45. The molecule has 132 valence electrons. The zero-order valence-electron chi connectivity index (χ0n) is 13.5. The van der Waals surface area contributed by atoms with Gasteiger partial charge in [-0.15, -0.1) is 0 Å². The summed E-state index contributed by atoms with van der Waals surface area (Å²) in [5.74, 6) is 0.576. The van der Waals surface area contributed by atoms with Gasteiger partial charge in [0.2, 0.25) is 0 Å². The molecular formula is C17H15Cl3N2O3. The van der Waals surface area contributed by atoms with Crippen LogP contribution in [-0.2, 0) is 4.79 Å². The molecule has 0 aliphatic rings. The Morgan fingerprint density at radius 2 is 1.76 bits per heavy atom. The second-order valence-corrected chi connectivity index (χ2v) is 6.06. The van der Waals surface area contributed by atoms with E-state index in [1.165, 1.54) is 7.11 Å². The van der Waals surface area contributed by atoms with Crippen molar-refractivity contribution in [3.63, 3.8) is 0 Å². The Labute approximate surface area is 160 Å². The molecule has 0 fully saturated rings. The number of hydrazone groups is 1. The summed E-state index contributed by atoms with van der Waals surface area (Å²) < 4.78 is 10.6. The Bertz CT molecular complexity index is 810. The molecule has 5 nitrogen and oxygen atoms in total. The molecule has 2 aromatic rings. The first kappa shape index (κ1) is 19.4. The molecule has 1 N–H and O–H groups in total. The summed E-state index contributed by atoms with van der Waals surface area (Å²) in [6.07, 6.45) is 0. The standard InChI is InChI=1S/C17H15Cl3N2O3/c1-10(11-7-8-12(18)17(20)16(11)19)21-22-15(23)9-25-14-6-4-3-5-13(14)24-2/h3-8H,9H2,1-2H3,(H,22,23)/b21-10+. The number of carbonyl (C=O) groups is 1. The van der Waals surface area contributed by atoms with Gasteiger partial charge in [-0.3, -0.25) is 4.79 Å². The number of nitrogens with one attached hydrogen (secondary N) is 1. The monoisotopic (exact) mass is 400 g/mol. The number of hydrogen-bond donors (Lipinski definition) is 1. The third kappa shape index (κ3) is 5.01. The predicted molar refractivity (Wildman–Crippen MR) is 100 cm³/mol. The minimum atomic E-state index is -0.429. The molecule has 0 unspecified atom stereocenters. The van der Waals surface area contributed by atoms with E-state index in [-0.39, 0.29) is 16.7 Å². The van der Waals surface area contributed by atoms with Gasteiger partial charge >= 0.3 is 0 Å². The molecule has 2 aromatic carbocycles. The summed E-state index contributed by atoms with van der Waals surface area (Å²) in [7, 11) is 1.52. The lowest BCUT2D eigenvalue weighted by Gasteiger charge is -2.10. The van der Waals surface area contributed by atoms with E-state index >= 15 is 0 Å². The number of para-hydroxylation sites is 2. The summed E-state index contributed by atoms with van der Waals surface area (Å²) in [6.45, 7) is 1.47. The number of nitrogens with zero attached hydrogens (tertiary/aromatic N) is 1. The highest BCUT2D eigenvalue weighted by atomic mass is 35.5. The molecule has 1 amide bonds. The lowest BCUT2D eigenvalue weighted by molar-refractivity contribution is -0.123. The van der Waals surface area contributed by atoms with Crippen molar-refractivity contribution in [1.82, 2.24) is 5.43 Å². The van der Waals surface area contributed by atoms with Crippen LogP contribution in [0.25, 0.3) is 0 Å². The number of rotatable bonds is 6. The van der Waals surface area contributed by atoms with Crippen molar-refractivity contribution in [2.75, 3.05) is 13.7 Å². The van der Waals surface area contributed by atoms with Gasteiger partial charge in [0.05, 0.1) is 27.9 Å². The van der Waals surface area contributed by atoms with Crippen LogP contribution >= 0.6 is 34.8 Å². The molecule has 0 aliphatic carbocycles. The fourth-order valence-electron chi connectivity index (χ4n) is 1.93. The highest BCUT2D eigenvalue weighted by molar-refractivity contribution is 6.49. The maximum atomic E-state index is 11.9. The number of benzene rings is 2. The van der Waals surface area contributed by atoms with Crippen molar-refractivity contribution in [3.05, 3.63) is 57.0 Å². The molecule has 2 rings (SSSR count). The van der Waals surface area contributed by atoms with Crippen LogP contribution in [0, 0.1) is 0 Å². The summed E-state index contributed by atoms with van der Waals surface area (Å²) in [5, 5.41) is 4.86. The van der Waals surface area contributed by atoms with E-state index < -0.39 is 5.91 Å². The van der Waals surface area contributed by atoms with E-state index in [1.54, 1.807) is 43.3 Å². The quantitative estimate of drug-likeness (QED) is 0.438. The van der Waals surface area contributed by atoms with Gasteiger partial charge in [0.15, 0.2) is 18.1 Å². The molecule has 0 saturated heterocycles. The Kier molecular flexibility index (Phi) is 6.93. The summed E-state index contributed by atoms with van der Waals surface area (Å²) in [4.78, 5) is 11.9. The molecule has 0 bridgehead atoms. The van der Waals surface area contributed by atoms with E-state index in [2.05, 4.69) is 10.5 Å². The van der Waals surface area contributed by atoms with Gasteiger partial charge in [-0.25, -0.2) is 5.43 Å². The van der Waals surface area contributed by atoms with Crippen LogP contribution in [0.5, 0.6) is 11.5 Å². The van der Waals surface area contributed by atoms with E-state index in [9.17, 15) is 4.79 Å². The van der Waals surface area contributed by atoms with Gasteiger partial charge in [0.1, 0.15) is 0 Å². The van der Waals surface area contributed by atoms with Crippen LogP contribution in [0.4, 0.5) is 0 Å². The third-order valence-electron chi connectivity index (χ3n) is 3.20. The van der Waals surface area contributed by atoms with Gasteiger partial charge in [-0.05, 0) is 25.1 Å². The fraction of sp³-hybridized carbons (Fsp3) is 0.176. The van der Waals surface area contributed by atoms with E-state index in [0.29, 0.717) is 27.8 Å². The second kappa shape index (κ2) is 8.94. The lowest BCUT2D eigenvalue weighted by atomic mass is 10.1. The molecule has 0 atom stereocenters. The maximum absolute atomic E-state index is 11.9. The summed E-state index contributed by atoms with van der Waals surface area (Å²) in [6, 6.07) is 10.3. The third-order valence-corrected chi connectivity index (χ3v) is 4.49. The first-order valence-corrected chi connectivity index (χ1v) is 8.30. The molecule has 8 heteroatoms. The van der Waals surface area contributed by atoms with Crippen LogP contribution in [-0.4, -0.2) is 25.3 Å². The summed E-state index contributed by atoms with van der Waals surface area (Å²) >= 11 is 18.0. The number of halogens is 3. The molecule has 25 heavy (non-hydrogen) atoms. The van der Waals surface area contributed by atoms with Crippen molar-refractivity contribution >= 4 is 46.4 Å². The van der Waals surface area contributed by atoms with Crippen LogP contribution in [0.3, 0.4) is 0 Å². The molecule has 0 aromatic heterocycles.